The zero-order chi connectivity index (χ0) is 18.0. The van der Waals surface area contributed by atoms with E-state index < -0.39 is 0 Å². The number of esters is 1. The molecule has 1 N–H and O–H groups in total. The molecular weight excluding hydrogens is 302 g/mol. The Hall–Kier alpha value is -1.59. The smallest absolute Gasteiger partial charge is 0.338 e. The first-order valence-corrected chi connectivity index (χ1v) is 8.82. The van der Waals surface area contributed by atoms with Gasteiger partial charge in [0.1, 0.15) is 13.2 Å². The lowest BCUT2D eigenvalue weighted by molar-refractivity contribution is -0.889. The van der Waals surface area contributed by atoms with Crippen LogP contribution in [0.25, 0.3) is 0 Å². The molecule has 0 aliphatic carbocycles. The van der Waals surface area contributed by atoms with Gasteiger partial charge in [-0.2, -0.15) is 0 Å². The summed E-state index contributed by atoms with van der Waals surface area (Å²) in [6.07, 6.45) is 2.31. The van der Waals surface area contributed by atoms with E-state index in [1.54, 1.807) is 0 Å². The van der Waals surface area contributed by atoms with Crippen LogP contribution in [-0.2, 0) is 4.74 Å². The van der Waals surface area contributed by atoms with Gasteiger partial charge in [-0.3, -0.25) is 0 Å². The number of quaternary nitrogens is 1. The van der Waals surface area contributed by atoms with E-state index in [1.807, 2.05) is 24.3 Å². The van der Waals surface area contributed by atoms with Crippen LogP contribution in [0.2, 0.25) is 0 Å². The molecule has 0 saturated heterocycles. The van der Waals surface area contributed by atoms with Crippen molar-refractivity contribution in [3.05, 3.63) is 29.8 Å². The molecule has 0 amide bonds. The predicted molar refractivity (Wildman–Crippen MR) is 101 cm³/mol. The summed E-state index contributed by atoms with van der Waals surface area (Å²) >= 11 is 0. The van der Waals surface area contributed by atoms with Crippen LogP contribution in [0.5, 0.6) is 0 Å². The summed E-state index contributed by atoms with van der Waals surface area (Å²) in [5.41, 5.74) is 1.65. The second-order valence-corrected chi connectivity index (χ2v) is 7.18. The van der Waals surface area contributed by atoms with E-state index >= 15 is 0 Å². The van der Waals surface area contributed by atoms with E-state index in [-0.39, 0.29) is 5.97 Å². The second-order valence-electron chi connectivity index (χ2n) is 7.18. The number of unbranched alkanes of at least 4 members (excludes halogenated alkanes) is 1. The third-order valence-electron chi connectivity index (χ3n) is 4.06. The lowest BCUT2D eigenvalue weighted by atomic mass is 10.2. The molecule has 5 heteroatoms. The number of anilines is 1. The number of benzene rings is 1. The fourth-order valence-corrected chi connectivity index (χ4v) is 2.18. The highest BCUT2D eigenvalue weighted by Gasteiger charge is 2.16. The molecule has 0 aromatic heterocycles. The van der Waals surface area contributed by atoms with Gasteiger partial charge in [-0.25, -0.2) is 4.79 Å². The fourth-order valence-electron chi connectivity index (χ4n) is 2.18. The number of likely N-dealkylation sites (N-methyl/N-ethyl adjacent to an activating group) is 2. The lowest BCUT2D eigenvalue weighted by Crippen LogP contribution is -2.46. The van der Waals surface area contributed by atoms with Crippen molar-refractivity contribution in [1.82, 2.24) is 4.90 Å². The minimum atomic E-state index is -0.247. The predicted octanol–water partition coefficient (Wildman–Crippen LogP) is 2.69. The van der Waals surface area contributed by atoms with Crippen molar-refractivity contribution in [2.45, 2.75) is 19.8 Å². The lowest BCUT2D eigenvalue weighted by Gasteiger charge is -2.30. The highest BCUT2D eigenvalue weighted by atomic mass is 16.5. The summed E-state index contributed by atoms with van der Waals surface area (Å²) in [5.74, 6) is -0.247. The van der Waals surface area contributed by atoms with Crippen molar-refractivity contribution < 1.29 is 14.0 Å². The molecule has 136 valence electrons. The minimum Gasteiger partial charge on any atom is -0.456 e. The molecule has 0 spiro atoms. The molecule has 0 aliphatic heterocycles. The highest BCUT2D eigenvalue weighted by molar-refractivity contribution is 5.89. The van der Waals surface area contributed by atoms with Crippen molar-refractivity contribution in [2.75, 3.05) is 66.3 Å². The van der Waals surface area contributed by atoms with Crippen LogP contribution in [-0.4, -0.2) is 76.3 Å². The van der Waals surface area contributed by atoms with Gasteiger partial charge in [0, 0.05) is 18.8 Å². The molecule has 0 bridgehead atoms. The number of carbonyl (C=O) groups is 1. The Bertz CT molecular complexity index is 484. The molecule has 5 nitrogen and oxygen atoms in total. The molecule has 0 atom stereocenters. The number of carbonyl (C=O) groups excluding carboxylic acids is 1. The Morgan fingerprint density at radius 1 is 1.17 bits per heavy atom. The summed E-state index contributed by atoms with van der Waals surface area (Å²) in [4.78, 5) is 14.3. The minimum absolute atomic E-state index is 0.247. The van der Waals surface area contributed by atoms with E-state index in [9.17, 15) is 4.79 Å². The third kappa shape index (κ3) is 8.31. The van der Waals surface area contributed by atoms with Gasteiger partial charge < -0.3 is 19.4 Å². The summed E-state index contributed by atoms with van der Waals surface area (Å²) in [7, 11) is 8.46. The molecule has 1 aromatic rings. The summed E-state index contributed by atoms with van der Waals surface area (Å²) in [5, 5.41) is 3.34. The maximum absolute atomic E-state index is 12.1. The van der Waals surface area contributed by atoms with Gasteiger partial charge in [-0.05, 0) is 44.8 Å². The summed E-state index contributed by atoms with van der Waals surface area (Å²) in [6.45, 7) is 6.43. The first-order valence-electron chi connectivity index (χ1n) is 8.82. The monoisotopic (exact) mass is 336 g/mol. The quantitative estimate of drug-likeness (QED) is 0.383. The van der Waals surface area contributed by atoms with Crippen LogP contribution in [0.4, 0.5) is 5.69 Å². The molecule has 0 fully saturated rings. The Balaban J connectivity index is 2.37. The Labute approximate surface area is 147 Å². The van der Waals surface area contributed by atoms with Gasteiger partial charge in [0.15, 0.2) is 0 Å². The number of hydrogen-bond acceptors (Lipinski definition) is 4. The molecule has 0 radical (unpaired) electrons. The molecular formula is C19H34N3O2+. The van der Waals surface area contributed by atoms with Gasteiger partial charge in [0.25, 0.3) is 0 Å². The topological polar surface area (TPSA) is 41.6 Å². The van der Waals surface area contributed by atoms with Crippen LogP contribution in [0.3, 0.4) is 0 Å². The number of nitrogens with one attached hydrogen (secondary N) is 1. The van der Waals surface area contributed by atoms with Gasteiger partial charge in [-0.15, -0.1) is 0 Å². The van der Waals surface area contributed by atoms with Gasteiger partial charge in [0.2, 0.25) is 0 Å². The van der Waals surface area contributed by atoms with Crippen LogP contribution in [0, 0.1) is 0 Å². The second kappa shape index (κ2) is 10.3. The summed E-state index contributed by atoms with van der Waals surface area (Å²) in [6, 6.07) is 7.51. The number of ether oxygens (including phenoxy) is 1. The number of hydrogen-bond donors (Lipinski definition) is 1. The van der Waals surface area contributed by atoms with E-state index in [0.29, 0.717) is 12.2 Å². The largest absolute Gasteiger partial charge is 0.456 e. The number of rotatable bonds is 11. The van der Waals surface area contributed by atoms with Crippen LogP contribution < -0.4 is 5.32 Å². The molecule has 0 saturated carbocycles. The van der Waals surface area contributed by atoms with Crippen molar-refractivity contribution in [3.63, 3.8) is 0 Å². The maximum Gasteiger partial charge on any atom is 0.338 e. The SMILES string of the molecule is CCCCNc1ccc(C(=O)OCC[N+](C)(C)CCN(C)C)cc1. The van der Waals surface area contributed by atoms with Gasteiger partial charge >= 0.3 is 5.97 Å². The average molecular weight is 336 g/mol. The molecule has 24 heavy (non-hydrogen) atoms. The van der Waals surface area contributed by atoms with Crippen LogP contribution >= 0.6 is 0 Å². The zero-order valence-corrected chi connectivity index (χ0v) is 16.0. The molecule has 0 unspecified atom stereocenters. The number of nitrogens with zero attached hydrogens (tertiary/aromatic N) is 2. The van der Waals surface area contributed by atoms with E-state index in [4.69, 9.17) is 4.74 Å². The Morgan fingerprint density at radius 3 is 2.42 bits per heavy atom. The van der Waals surface area contributed by atoms with Crippen molar-refractivity contribution in [2.24, 2.45) is 0 Å². The summed E-state index contributed by atoms with van der Waals surface area (Å²) < 4.78 is 6.26. The first kappa shape index (κ1) is 20.5. The Kier molecular flexibility index (Phi) is 8.79. The van der Waals surface area contributed by atoms with Crippen LogP contribution in [0.1, 0.15) is 30.1 Å². The van der Waals surface area contributed by atoms with Gasteiger partial charge in [-0.1, -0.05) is 13.3 Å². The van der Waals surface area contributed by atoms with E-state index in [1.165, 1.54) is 6.42 Å². The standard InChI is InChI=1S/C19H33N3O2/c1-6-7-12-20-18-10-8-17(9-11-18)19(23)24-16-15-22(4,5)14-13-21(2)3/h8-11H,6-7,12-16H2,1-5H3/p+1. The fraction of sp³-hybridized carbons (Fsp3) is 0.632. The van der Waals surface area contributed by atoms with E-state index in [2.05, 4.69) is 45.3 Å². The Morgan fingerprint density at radius 2 is 1.83 bits per heavy atom. The highest BCUT2D eigenvalue weighted by Crippen LogP contribution is 2.11. The third-order valence-corrected chi connectivity index (χ3v) is 4.06. The molecule has 0 heterocycles. The molecule has 1 rings (SSSR count). The maximum atomic E-state index is 12.1. The van der Waals surface area contributed by atoms with Crippen LogP contribution in [0.15, 0.2) is 24.3 Å². The van der Waals surface area contributed by atoms with Gasteiger partial charge in [0.05, 0.1) is 26.2 Å². The van der Waals surface area contributed by atoms with E-state index in [0.717, 1.165) is 42.8 Å². The zero-order valence-electron chi connectivity index (χ0n) is 16.0. The van der Waals surface area contributed by atoms with Crippen molar-refractivity contribution in [1.29, 1.82) is 0 Å². The molecule has 0 aliphatic rings. The van der Waals surface area contributed by atoms with Crippen molar-refractivity contribution in [3.8, 4) is 0 Å². The first-order chi connectivity index (χ1) is 11.3. The van der Waals surface area contributed by atoms with Crippen molar-refractivity contribution >= 4 is 11.7 Å². The average Bonchev–Trinajstić information content (AvgIpc) is 2.54. The normalized spacial score (nSPS) is 11.6. The molecule has 1 aromatic carbocycles.